The highest BCUT2D eigenvalue weighted by molar-refractivity contribution is 7.88. The summed E-state index contributed by atoms with van der Waals surface area (Å²) >= 11 is 6.02. The third-order valence-electron chi connectivity index (χ3n) is 9.50. The number of halogens is 1. The molecule has 2 saturated heterocycles. The van der Waals surface area contributed by atoms with Crippen molar-refractivity contribution < 1.29 is 36.7 Å². The Morgan fingerprint density at radius 3 is 2.46 bits per heavy atom. The number of hydrogen-bond donors (Lipinski definition) is 3. The van der Waals surface area contributed by atoms with Gasteiger partial charge in [-0.05, 0) is 80.9 Å². The second-order valence-corrected chi connectivity index (χ2v) is 15.9. The van der Waals surface area contributed by atoms with E-state index in [0.717, 1.165) is 37.8 Å². The second-order valence-electron chi connectivity index (χ2n) is 13.7. The average Bonchev–Trinajstić information content (AvgIpc) is 3.75. The molecule has 3 heterocycles. The number of ketones is 1. The molecule has 14 nitrogen and oxygen atoms in total. The predicted octanol–water partition coefficient (Wildman–Crippen LogP) is 2.55. The lowest BCUT2D eigenvalue weighted by Crippen LogP contribution is -2.55. The zero-order valence-electron chi connectivity index (χ0n) is 29.7. The van der Waals surface area contributed by atoms with E-state index in [1.54, 1.807) is 36.4 Å². The van der Waals surface area contributed by atoms with Crippen molar-refractivity contribution in [3.05, 3.63) is 65.0 Å². The summed E-state index contributed by atoms with van der Waals surface area (Å²) in [6.07, 6.45) is 3.40. The zero-order chi connectivity index (χ0) is 37.4. The molecule has 0 saturated carbocycles. The van der Waals surface area contributed by atoms with Crippen LogP contribution in [-0.2, 0) is 35.6 Å². The van der Waals surface area contributed by atoms with Crippen LogP contribution in [0.3, 0.4) is 0 Å². The van der Waals surface area contributed by atoms with Gasteiger partial charge in [-0.3, -0.25) is 19.2 Å². The maximum absolute atomic E-state index is 14.3. The maximum Gasteiger partial charge on any atom is 0.266 e. The molecule has 2 aliphatic rings. The number of para-hydroxylation sites is 2. The molecule has 5 rings (SSSR count). The fraction of sp³-hybridized carbons (Fsp3) is 0.528. The molecule has 0 bridgehead atoms. The van der Waals surface area contributed by atoms with E-state index in [9.17, 15) is 27.6 Å². The maximum atomic E-state index is 14.3. The highest BCUT2D eigenvalue weighted by Gasteiger charge is 2.44. The minimum atomic E-state index is -3.80. The van der Waals surface area contributed by atoms with Crippen LogP contribution in [0.2, 0.25) is 5.02 Å². The number of hydrogen-bond acceptors (Lipinski definition) is 10. The summed E-state index contributed by atoms with van der Waals surface area (Å²) in [7, 11) is -0.729. The van der Waals surface area contributed by atoms with E-state index in [0.29, 0.717) is 41.5 Å². The summed E-state index contributed by atoms with van der Waals surface area (Å²) in [4.78, 5) is 62.0. The molecule has 2 fully saturated rings. The minimum Gasteiger partial charge on any atom is -0.434 e. The van der Waals surface area contributed by atoms with Crippen LogP contribution in [0.1, 0.15) is 54.8 Å². The fourth-order valence-electron chi connectivity index (χ4n) is 6.63. The molecule has 2 aromatic carbocycles. The molecule has 3 N–H and O–H groups in total. The number of ether oxygens (including phenoxy) is 1. The molecular formula is C36H47ClN6O8S. The number of fused-ring (bicyclic) bond motifs is 1. The molecule has 52 heavy (non-hydrogen) atoms. The summed E-state index contributed by atoms with van der Waals surface area (Å²) in [6, 6.07) is 10.6. The summed E-state index contributed by atoms with van der Waals surface area (Å²) in [5.41, 5.74) is 1.80. The number of piperidine rings is 1. The number of carbonyl (C=O) groups excluding carboxylic acids is 4. The molecule has 3 aromatic rings. The molecule has 0 radical (unpaired) electrons. The number of Topliss-reactive ketones (excluding diaryl/α,β-unsaturated/α-hetero) is 1. The van der Waals surface area contributed by atoms with Gasteiger partial charge in [0.2, 0.25) is 33.5 Å². The van der Waals surface area contributed by atoms with Crippen molar-refractivity contribution in [2.24, 2.45) is 5.92 Å². The zero-order valence-corrected chi connectivity index (χ0v) is 31.2. The SMILES string of the molecule is CN(C)C(=O)C[C@H](NC(=O)C1C[C@@H](OCCc2ccc(Cl)cc2)CN1C(=O)[C@@H](CCC1CCNCC1)NS(C)(=O)=O)C(=O)c1nc2ccccc2o1. The van der Waals surface area contributed by atoms with E-state index >= 15 is 0 Å². The molecule has 4 atom stereocenters. The van der Waals surface area contributed by atoms with Crippen LogP contribution in [0.25, 0.3) is 11.1 Å². The van der Waals surface area contributed by atoms with Crippen molar-refractivity contribution in [3.63, 3.8) is 0 Å². The number of carbonyl (C=O) groups is 4. The van der Waals surface area contributed by atoms with Crippen molar-refractivity contribution in [3.8, 4) is 0 Å². The first kappa shape index (κ1) is 39.3. The third kappa shape index (κ3) is 10.8. The number of amides is 3. The number of likely N-dealkylation sites (tertiary alicyclic amines) is 1. The lowest BCUT2D eigenvalue weighted by Gasteiger charge is -2.30. The molecule has 282 valence electrons. The first-order chi connectivity index (χ1) is 24.8. The van der Waals surface area contributed by atoms with E-state index in [4.69, 9.17) is 20.8 Å². The van der Waals surface area contributed by atoms with Gasteiger partial charge in [0.05, 0.1) is 25.4 Å². The second kappa shape index (κ2) is 17.8. The third-order valence-corrected chi connectivity index (χ3v) is 10.5. The van der Waals surface area contributed by atoms with Crippen LogP contribution in [0, 0.1) is 5.92 Å². The largest absolute Gasteiger partial charge is 0.434 e. The van der Waals surface area contributed by atoms with E-state index < -0.39 is 57.8 Å². The van der Waals surface area contributed by atoms with Crippen molar-refractivity contribution in [2.75, 3.05) is 46.6 Å². The molecule has 1 unspecified atom stereocenters. The van der Waals surface area contributed by atoms with Gasteiger partial charge in [0, 0.05) is 32.1 Å². The van der Waals surface area contributed by atoms with Gasteiger partial charge < -0.3 is 29.6 Å². The van der Waals surface area contributed by atoms with Gasteiger partial charge in [0.1, 0.15) is 23.6 Å². The van der Waals surface area contributed by atoms with Crippen molar-refractivity contribution >= 4 is 56.2 Å². The smallest absolute Gasteiger partial charge is 0.266 e. The number of oxazole rings is 1. The summed E-state index contributed by atoms with van der Waals surface area (Å²) in [5, 5.41) is 6.63. The Hall–Kier alpha value is -3.89. The fourth-order valence-corrected chi connectivity index (χ4v) is 7.49. The molecule has 16 heteroatoms. The molecular weight excluding hydrogens is 712 g/mol. The predicted molar refractivity (Wildman–Crippen MR) is 195 cm³/mol. The highest BCUT2D eigenvalue weighted by Crippen LogP contribution is 2.26. The van der Waals surface area contributed by atoms with Crippen LogP contribution < -0.4 is 15.4 Å². The summed E-state index contributed by atoms with van der Waals surface area (Å²) in [6.45, 7) is 2.02. The number of sulfonamides is 1. The lowest BCUT2D eigenvalue weighted by molar-refractivity contribution is -0.140. The quantitative estimate of drug-likeness (QED) is 0.184. The van der Waals surface area contributed by atoms with Gasteiger partial charge in [0.25, 0.3) is 5.89 Å². The van der Waals surface area contributed by atoms with Gasteiger partial charge in [-0.25, -0.2) is 18.1 Å². The molecule has 0 spiro atoms. The first-order valence-corrected chi connectivity index (χ1v) is 19.8. The molecule has 1 aromatic heterocycles. The lowest BCUT2D eigenvalue weighted by atomic mass is 9.91. The van der Waals surface area contributed by atoms with Crippen LogP contribution in [-0.4, -0.2) is 118 Å². The highest BCUT2D eigenvalue weighted by atomic mass is 35.5. The number of benzene rings is 2. The van der Waals surface area contributed by atoms with Gasteiger partial charge in [0.15, 0.2) is 5.58 Å². The average molecular weight is 759 g/mol. The standard InChI is InChI=1S/C36H47ClN6O8S/c1-42(2)32(44)21-29(33(45)35-40-27-6-4-5-7-31(27)51-35)39-34(46)30-20-26(50-19-16-23-8-11-25(37)12-9-23)22-43(30)36(47)28(41-52(3,48)49)13-10-24-14-17-38-18-15-24/h4-9,11-12,24,26,28-30,38,41H,10,13-22H2,1-3H3,(H,39,46)/t26-,28-,29+,30?/m1/s1. The van der Waals surface area contributed by atoms with Crippen molar-refractivity contribution in [1.82, 2.24) is 30.1 Å². The van der Waals surface area contributed by atoms with Gasteiger partial charge in [-0.2, -0.15) is 0 Å². The van der Waals surface area contributed by atoms with Crippen molar-refractivity contribution in [2.45, 2.75) is 69.2 Å². The summed E-state index contributed by atoms with van der Waals surface area (Å²) in [5.74, 6) is -2.31. The molecule has 0 aliphatic carbocycles. The minimum absolute atomic E-state index is 0.0210. The van der Waals surface area contributed by atoms with Crippen LogP contribution in [0.4, 0.5) is 0 Å². The number of rotatable bonds is 16. The van der Waals surface area contributed by atoms with Crippen molar-refractivity contribution in [1.29, 1.82) is 0 Å². The molecule has 2 aliphatic heterocycles. The van der Waals surface area contributed by atoms with Crippen LogP contribution in [0.5, 0.6) is 0 Å². The van der Waals surface area contributed by atoms with E-state index in [2.05, 4.69) is 20.3 Å². The topological polar surface area (TPSA) is 180 Å². The van der Waals surface area contributed by atoms with Crippen LogP contribution >= 0.6 is 11.6 Å². The van der Waals surface area contributed by atoms with E-state index in [1.807, 2.05) is 12.1 Å². The Balaban J connectivity index is 1.38. The Morgan fingerprint density at radius 2 is 1.79 bits per heavy atom. The van der Waals surface area contributed by atoms with Gasteiger partial charge in [-0.15, -0.1) is 0 Å². The van der Waals surface area contributed by atoms with Crippen LogP contribution in [0.15, 0.2) is 52.9 Å². The van der Waals surface area contributed by atoms with E-state index in [1.165, 1.54) is 23.9 Å². The van der Waals surface area contributed by atoms with Gasteiger partial charge >= 0.3 is 0 Å². The number of nitrogens with zero attached hydrogens (tertiary/aromatic N) is 3. The Kier molecular flexibility index (Phi) is 13.4. The first-order valence-electron chi connectivity index (χ1n) is 17.5. The van der Waals surface area contributed by atoms with Gasteiger partial charge in [-0.1, -0.05) is 35.9 Å². The summed E-state index contributed by atoms with van der Waals surface area (Å²) < 4.78 is 39.3. The number of aromatic nitrogens is 1. The Labute approximate surface area is 309 Å². The monoisotopic (exact) mass is 758 g/mol. The Morgan fingerprint density at radius 1 is 1.08 bits per heavy atom. The normalized spacial score (nSPS) is 19.3. The Bertz CT molecular complexity index is 1800. The molecule has 3 amide bonds. The number of nitrogens with one attached hydrogen (secondary N) is 3. The van der Waals surface area contributed by atoms with E-state index in [-0.39, 0.29) is 31.7 Å².